The van der Waals surface area contributed by atoms with Gasteiger partial charge in [0.15, 0.2) is 0 Å². The van der Waals surface area contributed by atoms with Gasteiger partial charge >= 0.3 is 5.97 Å². The van der Waals surface area contributed by atoms with Gasteiger partial charge in [0.1, 0.15) is 17.7 Å². The van der Waals surface area contributed by atoms with Crippen LogP contribution < -0.4 is 4.74 Å². The van der Waals surface area contributed by atoms with E-state index in [1.807, 2.05) is 25.1 Å². The van der Waals surface area contributed by atoms with E-state index in [-0.39, 0.29) is 12.1 Å². The second kappa shape index (κ2) is 8.15. The zero-order valence-corrected chi connectivity index (χ0v) is 18.8. The molecule has 168 valence electrons. The number of nitrogens with one attached hydrogen (secondary N) is 1. The van der Waals surface area contributed by atoms with Crippen molar-refractivity contribution in [2.24, 2.45) is 5.41 Å². The number of aromatic nitrogens is 3. The Hall–Kier alpha value is -3.45. The maximum Gasteiger partial charge on any atom is 0.311 e. The summed E-state index contributed by atoms with van der Waals surface area (Å²) in [6.45, 7) is 1.87. The van der Waals surface area contributed by atoms with E-state index < -0.39 is 11.2 Å². The quantitative estimate of drug-likeness (QED) is 0.376. The Bertz CT molecular complexity index is 1350. The van der Waals surface area contributed by atoms with Gasteiger partial charge in [0.05, 0.1) is 29.1 Å². The normalized spacial score (nSPS) is 19.8. The second-order valence-electron chi connectivity index (χ2n) is 8.53. The van der Waals surface area contributed by atoms with Crippen LogP contribution >= 0.6 is 11.6 Å². The van der Waals surface area contributed by atoms with Crippen LogP contribution in [0.5, 0.6) is 5.88 Å². The number of nitrogens with zero attached hydrogens (tertiary/aromatic N) is 2. The van der Waals surface area contributed by atoms with Crippen LogP contribution in [-0.2, 0) is 9.53 Å². The Morgan fingerprint density at radius 1 is 1.15 bits per heavy atom. The number of imidazole rings is 1. The molecule has 33 heavy (non-hydrogen) atoms. The number of ether oxygens (including phenoxy) is 2. The molecule has 0 radical (unpaired) electrons. The van der Waals surface area contributed by atoms with Crippen molar-refractivity contribution in [3.05, 3.63) is 65.6 Å². The molecular formula is C25H21ClFN3O3. The number of carbonyl (C=O) groups excluding carboxylic acids is 1. The fraction of sp³-hybridized carbons (Fsp3) is 0.240. The van der Waals surface area contributed by atoms with E-state index in [1.54, 1.807) is 30.5 Å². The maximum absolute atomic E-state index is 14.9. The molecule has 1 saturated carbocycles. The second-order valence-corrected chi connectivity index (χ2v) is 8.96. The van der Waals surface area contributed by atoms with Crippen LogP contribution in [0.2, 0.25) is 5.02 Å². The Balaban J connectivity index is 1.30. The molecule has 0 spiro atoms. The predicted molar refractivity (Wildman–Crippen MR) is 124 cm³/mol. The van der Waals surface area contributed by atoms with Crippen molar-refractivity contribution in [1.29, 1.82) is 0 Å². The number of pyridine rings is 1. The Morgan fingerprint density at radius 3 is 2.64 bits per heavy atom. The van der Waals surface area contributed by atoms with E-state index in [2.05, 4.69) is 15.0 Å². The molecule has 0 atom stereocenters. The highest BCUT2D eigenvalue weighted by molar-refractivity contribution is 6.31. The number of hydrogen-bond acceptors (Lipinski definition) is 5. The van der Waals surface area contributed by atoms with Gasteiger partial charge in [-0.05, 0) is 48.9 Å². The monoisotopic (exact) mass is 465 g/mol. The molecule has 1 fully saturated rings. The van der Waals surface area contributed by atoms with Crippen LogP contribution in [-0.4, -0.2) is 34.1 Å². The third-order valence-electron chi connectivity index (χ3n) is 6.06. The molecule has 1 aliphatic rings. The number of hydrogen-bond donors (Lipinski definition) is 1. The number of methoxy groups -OCH3 is 1. The van der Waals surface area contributed by atoms with Crippen LogP contribution in [0.15, 0.2) is 54.7 Å². The zero-order chi connectivity index (χ0) is 23.2. The summed E-state index contributed by atoms with van der Waals surface area (Å²) >= 11 is 6.01. The number of carbonyl (C=O) groups is 1. The van der Waals surface area contributed by atoms with Gasteiger partial charge < -0.3 is 14.5 Å². The van der Waals surface area contributed by atoms with E-state index in [0.717, 1.165) is 11.1 Å². The number of rotatable bonds is 5. The average Bonchev–Trinajstić information content (AvgIpc) is 3.20. The van der Waals surface area contributed by atoms with Crippen molar-refractivity contribution in [1.82, 2.24) is 15.0 Å². The molecule has 5 rings (SSSR count). The van der Waals surface area contributed by atoms with Crippen LogP contribution in [0.25, 0.3) is 33.5 Å². The van der Waals surface area contributed by atoms with Gasteiger partial charge in [0, 0.05) is 35.7 Å². The smallest absolute Gasteiger partial charge is 0.311 e. The first-order valence-electron chi connectivity index (χ1n) is 10.5. The lowest BCUT2D eigenvalue weighted by Gasteiger charge is -2.41. The number of halogens is 2. The molecule has 0 amide bonds. The molecule has 6 nitrogen and oxygen atoms in total. The molecule has 2 heterocycles. The van der Waals surface area contributed by atoms with Gasteiger partial charge in [-0.3, -0.25) is 4.79 Å². The molecule has 0 aliphatic heterocycles. The van der Waals surface area contributed by atoms with E-state index in [9.17, 15) is 9.18 Å². The van der Waals surface area contributed by atoms with Gasteiger partial charge in [-0.2, -0.15) is 0 Å². The summed E-state index contributed by atoms with van der Waals surface area (Å²) in [4.78, 5) is 23.7. The molecule has 2 aromatic heterocycles. The summed E-state index contributed by atoms with van der Waals surface area (Å²) in [5.74, 6) is 0.295. The fourth-order valence-corrected chi connectivity index (χ4v) is 4.39. The van der Waals surface area contributed by atoms with Crippen LogP contribution in [0.3, 0.4) is 0 Å². The molecule has 0 unspecified atom stereocenters. The van der Waals surface area contributed by atoms with Crippen LogP contribution in [0.4, 0.5) is 4.39 Å². The molecule has 4 aromatic rings. The Labute approximate surface area is 194 Å². The van der Waals surface area contributed by atoms with Gasteiger partial charge in [-0.1, -0.05) is 17.7 Å². The summed E-state index contributed by atoms with van der Waals surface area (Å²) in [6.07, 6.45) is 2.74. The van der Waals surface area contributed by atoms with Crippen molar-refractivity contribution in [3.8, 4) is 28.4 Å². The lowest BCUT2D eigenvalue weighted by atomic mass is 9.68. The third-order valence-corrected chi connectivity index (χ3v) is 6.30. The molecule has 1 N–H and O–H groups in total. The minimum absolute atomic E-state index is 0.0807. The zero-order valence-electron chi connectivity index (χ0n) is 18.1. The molecule has 2 aromatic carbocycles. The van der Waals surface area contributed by atoms with Gasteiger partial charge in [-0.25, -0.2) is 14.4 Å². The fourth-order valence-electron chi connectivity index (χ4n) is 4.23. The summed E-state index contributed by atoms with van der Waals surface area (Å²) in [6, 6.07) is 13.9. The van der Waals surface area contributed by atoms with Crippen molar-refractivity contribution < 1.29 is 18.7 Å². The molecular weight excluding hydrogens is 445 g/mol. The van der Waals surface area contributed by atoms with E-state index in [0.29, 0.717) is 46.2 Å². The van der Waals surface area contributed by atoms with Crippen LogP contribution in [0.1, 0.15) is 19.8 Å². The highest BCUT2D eigenvalue weighted by Crippen LogP contribution is 2.43. The van der Waals surface area contributed by atoms with Gasteiger partial charge in [0.25, 0.3) is 0 Å². The molecule has 1 aliphatic carbocycles. The minimum Gasteiger partial charge on any atom is -0.474 e. The van der Waals surface area contributed by atoms with E-state index >= 15 is 0 Å². The first-order valence-corrected chi connectivity index (χ1v) is 10.9. The molecule has 8 heteroatoms. The highest BCUT2D eigenvalue weighted by atomic mass is 35.5. The average molecular weight is 466 g/mol. The lowest BCUT2D eigenvalue weighted by molar-refractivity contribution is -0.163. The third kappa shape index (κ3) is 4.04. The largest absolute Gasteiger partial charge is 0.474 e. The lowest BCUT2D eigenvalue weighted by Crippen LogP contribution is -2.47. The Morgan fingerprint density at radius 2 is 1.94 bits per heavy atom. The number of fused-ring (bicyclic) bond motifs is 1. The maximum atomic E-state index is 14.9. The molecule has 0 saturated heterocycles. The molecule has 0 bridgehead atoms. The van der Waals surface area contributed by atoms with Crippen molar-refractivity contribution in [2.75, 3.05) is 7.11 Å². The van der Waals surface area contributed by atoms with Crippen molar-refractivity contribution in [3.63, 3.8) is 0 Å². The van der Waals surface area contributed by atoms with Gasteiger partial charge in [-0.15, -0.1) is 0 Å². The standard InChI is InChI=1S/C25H21ClFN3O3/c1-25(24(31)32-2)11-17(12-25)33-22-8-4-15(13-28-22)14-3-6-18(19(27)9-14)23-29-20-7-5-16(26)10-21(20)30-23/h3-10,13,17H,11-12H2,1-2H3,(H,29,30). The number of aromatic amines is 1. The first-order chi connectivity index (χ1) is 15.8. The SMILES string of the molecule is COC(=O)C1(C)CC(Oc2ccc(-c3ccc(-c4nc5cc(Cl)ccc5[nH]4)c(F)c3)cn2)C1. The summed E-state index contributed by atoms with van der Waals surface area (Å²) in [5, 5.41) is 0.575. The summed E-state index contributed by atoms with van der Waals surface area (Å²) in [5.41, 5.74) is 2.80. The summed E-state index contributed by atoms with van der Waals surface area (Å²) < 4.78 is 25.6. The van der Waals surface area contributed by atoms with Gasteiger partial charge in [0.2, 0.25) is 5.88 Å². The van der Waals surface area contributed by atoms with E-state index in [1.165, 1.54) is 13.2 Å². The number of H-pyrrole nitrogens is 1. The summed E-state index contributed by atoms with van der Waals surface area (Å²) in [7, 11) is 1.39. The van der Waals surface area contributed by atoms with Crippen LogP contribution in [0, 0.1) is 11.2 Å². The number of benzene rings is 2. The Kier molecular flexibility index (Phi) is 5.29. The van der Waals surface area contributed by atoms with Crippen molar-refractivity contribution in [2.45, 2.75) is 25.9 Å². The topological polar surface area (TPSA) is 77.1 Å². The predicted octanol–water partition coefficient (Wildman–Crippen LogP) is 5.80. The minimum atomic E-state index is -0.495. The van der Waals surface area contributed by atoms with Crippen molar-refractivity contribution >= 4 is 28.6 Å². The highest BCUT2D eigenvalue weighted by Gasteiger charge is 2.48. The number of esters is 1. The first kappa shape index (κ1) is 21.4. The van der Waals surface area contributed by atoms with E-state index in [4.69, 9.17) is 21.1 Å².